The maximum atomic E-state index is 11.6. The van der Waals surface area contributed by atoms with E-state index in [1.54, 1.807) is 4.90 Å². The highest BCUT2D eigenvalue weighted by atomic mass is 16.6. The predicted octanol–water partition coefficient (Wildman–Crippen LogP) is -1.23. The molecule has 3 aliphatic rings. The number of amides is 4. The molecule has 15 heavy (non-hydrogen) atoms. The van der Waals surface area contributed by atoms with Crippen LogP contribution in [0.25, 0.3) is 0 Å². The third kappa shape index (κ3) is 1.16. The van der Waals surface area contributed by atoms with E-state index in [2.05, 4.69) is 16.0 Å². The van der Waals surface area contributed by atoms with Crippen LogP contribution in [0.3, 0.4) is 0 Å². The van der Waals surface area contributed by atoms with Crippen LogP contribution in [0.2, 0.25) is 0 Å². The minimum absolute atomic E-state index is 0.115. The molecule has 0 bridgehead atoms. The first-order chi connectivity index (χ1) is 7.09. The molecule has 0 saturated carbocycles. The SMILES string of the molecule is CC12NC(=O)NC1NC(=O)N2CC1CO1. The topological polar surface area (TPSA) is 86.0 Å². The van der Waals surface area contributed by atoms with E-state index >= 15 is 0 Å². The molecule has 0 aromatic heterocycles. The van der Waals surface area contributed by atoms with E-state index in [4.69, 9.17) is 4.74 Å². The monoisotopic (exact) mass is 212 g/mol. The number of hydrogen-bond donors (Lipinski definition) is 3. The van der Waals surface area contributed by atoms with Gasteiger partial charge in [-0.2, -0.15) is 0 Å². The lowest BCUT2D eigenvalue weighted by Crippen LogP contribution is -2.56. The zero-order valence-electron chi connectivity index (χ0n) is 8.24. The van der Waals surface area contributed by atoms with Crippen molar-refractivity contribution in [3.63, 3.8) is 0 Å². The maximum absolute atomic E-state index is 11.6. The zero-order valence-corrected chi connectivity index (χ0v) is 8.24. The molecule has 3 atom stereocenters. The van der Waals surface area contributed by atoms with Crippen LogP contribution in [0.5, 0.6) is 0 Å². The van der Waals surface area contributed by atoms with Crippen LogP contribution < -0.4 is 16.0 Å². The maximum Gasteiger partial charge on any atom is 0.321 e. The molecule has 4 amide bonds. The average Bonchev–Trinajstić information content (AvgIpc) is 2.86. The summed E-state index contributed by atoms with van der Waals surface area (Å²) in [5, 5.41) is 8.10. The third-order valence-corrected chi connectivity index (χ3v) is 3.07. The standard InChI is InChI=1S/C8H12N4O3/c1-8-5(9-6(13)11-8)10-7(14)12(8)2-4-3-15-4/h4-5H,2-3H2,1H3,(H,10,14)(H2,9,11,13). The number of nitrogens with zero attached hydrogens (tertiary/aromatic N) is 1. The van der Waals surface area contributed by atoms with Crippen LogP contribution in [0.1, 0.15) is 6.92 Å². The molecule has 3 fully saturated rings. The third-order valence-electron chi connectivity index (χ3n) is 3.07. The quantitative estimate of drug-likeness (QED) is 0.501. The van der Waals surface area contributed by atoms with Crippen molar-refractivity contribution in [2.75, 3.05) is 13.2 Å². The number of fused-ring (bicyclic) bond motifs is 1. The molecule has 0 radical (unpaired) electrons. The number of nitrogens with one attached hydrogen (secondary N) is 3. The smallest absolute Gasteiger partial charge is 0.321 e. The first-order valence-electron chi connectivity index (χ1n) is 4.88. The Morgan fingerprint density at radius 3 is 2.93 bits per heavy atom. The average molecular weight is 212 g/mol. The van der Waals surface area contributed by atoms with Gasteiger partial charge in [0, 0.05) is 0 Å². The molecule has 0 aliphatic carbocycles. The Morgan fingerprint density at radius 1 is 1.53 bits per heavy atom. The second kappa shape index (κ2) is 2.54. The van der Waals surface area contributed by atoms with Crippen molar-refractivity contribution in [1.29, 1.82) is 0 Å². The lowest BCUT2D eigenvalue weighted by molar-refractivity contribution is 0.136. The van der Waals surface area contributed by atoms with Gasteiger partial charge in [0.1, 0.15) is 6.17 Å². The van der Waals surface area contributed by atoms with Crippen molar-refractivity contribution in [2.45, 2.75) is 24.9 Å². The lowest BCUT2D eigenvalue weighted by Gasteiger charge is -2.31. The van der Waals surface area contributed by atoms with Crippen molar-refractivity contribution in [1.82, 2.24) is 20.9 Å². The number of rotatable bonds is 2. The Morgan fingerprint density at radius 2 is 2.27 bits per heavy atom. The van der Waals surface area contributed by atoms with Crippen molar-refractivity contribution in [2.24, 2.45) is 0 Å². The van der Waals surface area contributed by atoms with Gasteiger partial charge in [-0.15, -0.1) is 0 Å². The second-order valence-electron chi connectivity index (χ2n) is 4.19. The van der Waals surface area contributed by atoms with Gasteiger partial charge >= 0.3 is 12.1 Å². The number of ether oxygens (including phenoxy) is 1. The summed E-state index contributed by atoms with van der Waals surface area (Å²) in [5.41, 5.74) is -0.680. The van der Waals surface area contributed by atoms with Crippen LogP contribution in [0, 0.1) is 0 Å². The minimum atomic E-state index is -0.680. The minimum Gasteiger partial charge on any atom is -0.371 e. The van der Waals surface area contributed by atoms with Crippen LogP contribution >= 0.6 is 0 Å². The molecule has 7 nitrogen and oxygen atoms in total. The summed E-state index contributed by atoms with van der Waals surface area (Å²) in [7, 11) is 0. The summed E-state index contributed by atoms with van der Waals surface area (Å²) in [5.74, 6) is 0. The van der Waals surface area contributed by atoms with Gasteiger partial charge in [-0.3, -0.25) is 4.90 Å². The van der Waals surface area contributed by atoms with Crippen LogP contribution in [0.4, 0.5) is 9.59 Å². The fourth-order valence-electron chi connectivity index (χ4n) is 2.07. The summed E-state index contributed by atoms with van der Waals surface area (Å²) in [6.07, 6.45) is -0.250. The fraction of sp³-hybridized carbons (Fsp3) is 0.750. The fourth-order valence-corrected chi connectivity index (χ4v) is 2.07. The molecule has 3 saturated heterocycles. The van der Waals surface area contributed by atoms with E-state index in [1.165, 1.54) is 0 Å². The molecule has 3 heterocycles. The van der Waals surface area contributed by atoms with E-state index < -0.39 is 5.66 Å². The summed E-state index contributed by atoms with van der Waals surface area (Å²) in [6.45, 7) is 3.02. The van der Waals surface area contributed by atoms with Gasteiger partial charge in [0.25, 0.3) is 0 Å². The van der Waals surface area contributed by atoms with E-state index in [0.717, 1.165) is 0 Å². The van der Waals surface area contributed by atoms with Crippen LogP contribution in [-0.4, -0.2) is 48.0 Å². The first-order valence-corrected chi connectivity index (χ1v) is 4.88. The number of epoxide rings is 1. The highest BCUT2D eigenvalue weighted by Gasteiger charge is 2.56. The largest absolute Gasteiger partial charge is 0.371 e. The molecule has 3 N–H and O–H groups in total. The number of carbonyl (C=O) groups is 2. The summed E-state index contributed by atoms with van der Waals surface area (Å²) < 4.78 is 5.08. The van der Waals surface area contributed by atoms with Crippen molar-refractivity contribution >= 4 is 12.1 Å². The van der Waals surface area contributed by atoms with Crippen LogP contribution in [0.15, 0.2) is 0 Å². The van der Waals surface area contributed by atoms with Gasteiger partial charge in [-0.05, 0) is 6.92 Å². The Labute approximate surface area is 86.1 Å². The molecule has 3 unspecified atom stereocenters. The molecular weight excluding hydrogens is 200 g/mol. The van der Waals surface area contributed by atoms with Crippen molar-refractivity contribution in [3.8, 4) is 0 Å². The van der Waals surface area contributed by atoms with Gasteiger partial charge < -0.3 is 20.7 Å². The molecule has 0 aromatic carbocycles. The normalized spacial score (nSPS) is 42.1. The molecule has 7 heteroatoms. The second-order valence-corrected chi connectivity index (χ2v) is 4.19. The molecule has 3 rings (SSSR count). The van der Waals surface area contributed by atoms with Crippen LogP contribution in [-0.2, 0) is 4.74 Å². The molecular formula is C8H12N4O3. The number of urea groups is 2. The highest BCUT2D eigenvalue weighted by Crippen LogP contribution is 2.27. The molecule has 0 aromatic rings. The van der Waals surface area contributed by atoms with Crippen molar-refractivity contribution in [3.05, 3.63) is 0 Å². The predicted molar refractivity (Wildman–Crippen MR) is 48.8 cm³/mol. The van der Waals surface area contributed by atoms with E-state index in [9.17, 15) is 9.59 Å². The Hall–Kier alpha value is -1.50. The molecule has 3 aliphatic heterocycles. The van der Waals surface area contributed by atoms with Gasteiger partial charge in [0.2, 0.25) is 0 Å². The summed E-state index contributed by atoms with van der Waals surface area (Å²) in [4.78, 5) is 24.4. The number of hydrogen-bond acceptors (Lipinski definition) is 3. The lowest BCUT2D eigenvalue weighted by atomic mass is 10.1. The van der Waals surface area contributed by atoms with E-state index in [1.807, 2.05) is 6.92 Å². The van der Waals surface area contributed by atoms with Crippen molar-refractivity contribution < 1.29 is 14.3 Å². The summed E-state index contributed by atoms with van der Waals surface area (Å²) >= 11 is 0. The van der Waals surface area contributed by atoms with E-state index in [0.29, 0.717) is 13.2 Å². The zero-order chi connectivity index (χ0) is 10.6. The van der Waals surface area contributed by atoms with Gasteiger partial charge in [0.15, 0.2) is 5.66 Å². The molecule has 0 spiro atoms. The Bertz CT molecular complexity index is 343. The van der Waals surface area contributed by atoms with E-state index in [-0.39, 0.29) is 24.3 Å². The Balaban J connectivity index is 1.84. The molecule has 82 valence electrons. The van der Waals surface area contributed by atoms with Gasteiger partial charge in [-0.1, -0.05) is 0 Å². The van der Waals surface area contributed by atoms with Gasteiger partial charge in [-0.25, -0.2) is 9.59 Å². The summed E-state index contributed by atoms with van der Waals surface area (Å²) in [6, 6.07) is -0.435. The first kappa shape index (κ1) is 8.78. The Kier molecular flexibility index (Phi) is 1.49. The van der Waals surface area contributed by atoms with Gasteiger partial charge in [0.05, 0.1) is 19.3 Å². The number of carbonyl (C=O) groups excluding carboxylic acids is 2. The highest BCUT2D eigenvalue weighted by molar-refractivity contribution is 5.86.